The van der Waals surface area contributed by atoms with E-state index in [1.165, 1.54) is 19.6 Å². The summed E-state index contributed by atoms with van der Waals surface area (Å²) >= 11 is 0. The molecule has 0 rings (SSSR count). The zero-order chi connectivity index (χ0) is 15.4. The average molecular weight is 279 g/mol. The van der Waals surface area contributed by atoms with Crippen LogP contribution in [0.2, 0.25) is 0 Å². The van der Waals surface area contributed by atoms with E-state index in [9.17, 15) is 0 Å². The molecule has 0 fully saturated rings. The van der Waals surface area contributed by atoms with Gasteiger partial charge in [0.25, 0.3) is 0 Å². The lowest BCUT2D eigenvalue weighted by molar-refractivity contribution is 0.267. The van der Waals surface area contributed by atoms with Crippen LogP contribution >= 0.6 is 0 Å². The molecule has 0 unspecified atom stereocenters. The Labute approximate surface area is 120 Å². The molecule has 0 heterocycles. The lowest BCUT2D eigenvalue weighted by Gasteiger charge is -2.13. The number of nitrogens with one attached hydrogen (secondary N) is 2. The van der Waals surface area contributed by atoms with Gasteiger partial charge in [0, 0.05) is 13.1 Å². The second kappa shape index (κ2) is 26.4. The number of nitrogens with zero attached hydrogens (tertiary/aromatic N) is 1. The molecule has 0 aromatic rings. The molecule has 5 nitrogen and oxygen atoms in total. The number of hydrogen-bond acceptors (Lipinski definition) is 5. The van der Waals surface area contributed by atoms with Gasteiger partial charge in [0.1, 0.15) is 0 Å². The first kappa shape index (κ1) is 23.9. The molecule has 0 amide bonds. The van der Waals surface area contributed by atoms with Crippen molar-refractivity contribution in [2.45, 2.75) is 34.6 Å². The van der Waals surface area contributed by atoms with E-state index in [4.69, 9.17) is 10.2 Å². The molecule has 5 heteroatoms. The number of aliphatic hydroxyl groups is 2. The summed E-state index contributed by atoms with van der Waals surface area (Å²) in [5, 5.41) is 22.2. The van der Waals surface area contributed by atoms with Crippen LogP contribution in [0.15, 0.2) is 0 Å². The van der Waals surface area contributed by atoms with E-state index < -0.39 is 0 Å². The monoisotopic (exact) mass is 279 g/mol. The maximum Gasteiger partial charge on any atom is 0.0555 e. The average Bonchev–Trinajstić information content (AvgIpc) is 2.44. The fraction of sp³-hybridized carbons (Fsp3) is 1.00. The van der Waals surface area contributed by atoms with Crippen molar-refractivity contribution in [1.82, 2.24) is 15.5 Å². The van der Waals surface area contributed by atoms with Crippen molar-refractivity contribution >= 4 is 0 Å². The van der Waals surface area contributed by atoms with Crippen LogP contribution < -0.4 is 10.6 Å². The van der Waals surface area contributed by atoms with E-state index in [1.54, 1.807) is 0 Å². The first-order chi connectivity index (χ1) is 9.17. The first-order valence-corrected chi connectivity index (χ1v) is 7.53. The summed E-state index contributed by atoms with van der Waals surface area (Å²) < 4.78 is 0. The van der Waals surface area contributed by atoms with E-state index in [1.807, 2.05) is 0 Å². The van der Waals surface area contributed by atoms with Crippen molar-refractivity contribution in [1.29, 1.82) is 0 Å². The fourth-order valence-corrected chi connectivity index (χ4v) is 1.20. The van der Waals surface area contributed by atoms with Crippen LogP contribution in [0.1, 0.15) is 34.6 Å². The third-order valence-electron chi connectivity index (χ3n) is 2.42. The van der Waals surface area contributed by atoms with Crippen molar-refractivity contribution < 1.29 is 10.2 Å². The van der Waals surface area contributed by atoms with E-state index in [-0.39, 0.29) is 13.2 Å². The zero-order valence-corrected chi connectivity index (χ0v) is 13.7. The Morgan fingerprint density at radius 1 is 0.684 bits per heavy atom. The molecule has 0 saturated carbocycles. The molecule has 4 N–H and O–H groups in total. The van der Waals surface area contributed by atoms with Gasteiger partial charge in [-0.25, -0.2) is 0 Å². The van der Waals surface area contributed by atoms with E-state index >= 15 is 0 Å². The van der Waals surface area contributed by atoms with Gasteiger partial charge >= 0.3 is 0 Å². The van der Waals surface area contributed by atoms with Gasteiger partial charge in [0.2, 0.25) is 0 Å². The topological polar surface area (TPSA) is 67.8 Å². The predicted octanol–water partition coefficient (Wildman–Crippen LogP) is 0.525. The molecule has 0 aliphatic carbocycles. The summed E-state index contributed by atoms with van der Waals surface area (Å²) in [6, 6.07) is 0. The smallest absolute Gasteiger partial charge is 0.0555 e. The maximum atomic E-state index is 8.15. The quantitative estimate of drug-likeness (QED) is 0.464. The summed E-state index contributed by atoms with van der Waals surface area (Å²) in [7, 11) is 0. The summed E-state index contributed by atoms with van der Waals surface area (Å²) in [5.74, 6) is 0. The van der Waals surface area contributed by atoms with E-state index in [0.29, 0.717) is 13.1 Å². The highest BCUT2D eigenvalue weighted by atomic mass is 16.3. The van der Waals surface area contributed by atoms with E-state index in [0.717, 1.165) is 13.1 Å². The van der Waals surface area contributed by atoms with Crippen LogP contribution in [0.3, 0.4) is 0 Å². The third kappa shape index (κ3) is 31.9. The van der Waals surface area contributed by atoms with Crippen LogP contribution in [0, 0.1) is 0 Å². The van der Waals surface area contributed by atoms with Gasteiger partial charge in [0.15, 0.2) is 0 Å². The predicted molar refractivity (Wildman–Crippen MR) is 84.7 cm³/mol. The van der Waals surface area contributed by atoms with Crippen LogP contribution in [-0.2, 0) is 0 Å². The Hall–Kier alpha value is -0.200. The Morgan fingerprint density at radius 3 is 1.16 bits per heavy atom. The minimum atomic E-state index is 0.139. The summed E-state index contributed by atoms with van der Waals surface area (Å²) in [6.07, 6.45) is 0. The molecule has 0 atom stereocenters. The van der Waals surface area contributed by atoms with Gasteiger partial charge in [-0.15, -0.1) is 0 Å². The highest BCUT2D eigenvalue weighted by molar-refractivity contribution is 4.43. The van der Waals surface area contributed by atoms with Crippen molar-refractivity contribution in [3.05, 3.63) is 0 Å². The van der Waals surface area contributed by atoms with Gasteiger partial charge in [-0.1, -0.05) is 34.6 Å². The summed E-state index contributed by atoms with van der Waals surface area (Å²) in [4.78, 5) is 2.38. The molecule has 120 valence electrons. The Kier molecular flexibility index (Phi) is 33.1. The molecular weight excluding hydrogens is 242 g/mol. The highest BCUT2D eigenvalue weighted by Crippen LogP contribution is 1.81. The first-order valence-electron chi connectivity index (χ1n) is 7.53. The van der Waals surface area contributed by atoms with Crippen molar-refractivity contribution in [3.8, 4) is 0 Å². The van der Waals surface area contributed by atoms with Crippen molar-refractivity contribution in [3.63, 3.8) is 0 Å². The summed E-state index contributed by atoms with van der Waals surface area (Å²) in [5.41, 5.74) is 0. The normalized spacial score (nSPS) is 9.47. The van der Waals surface area contributed by atoms with Gasteiger partial charge < -0.3 is 25.7 Å². The van der Waals surface area contributed by atoms with Crippen LogP contribution in [0.4, 0.5) is 0 Å². The molecule has 0 aromatic heterocycles. The number of hydrogen-bond donors (Lipinski definition) is 4. The van der Waals surface area contributed by atoms with Gasteiger partial charge in [-0.3, -0.25) is 0 Å². The second-order valence-electron chi connectivity index (χ2n) is 3.77. The number of aliphatic hydroxyl groups excluding tert-OH is 2. The second-order valence-corrected chi connectivity index (χ2v) is 3.77. The molecule has 0 aliphatic heterocycles. The van der Waals surface area contributed by atoms with Gasteiger partial charge in [-0.05, 0) is 32.7 Å². The van der Waals surface area contributed by atoms with Crippen LogP contribution in [0.5, 0.6) is 0 Å². The lowest BCUT2D eigenvalue weighted by atomic mass is 10.5. The maximum absolute atomic E-state index is 8.15. The standard InChI is InChI=1S/C6H15N.C4H11NO2.C4H11N/c1-4-7(5-2)6-3;6-3-1-5-2-4-7;1-3-5-4-2/h4-6H2,1-3H3;5-7H,1-4H2;5H,3-4H2,1-2H3. The molecule has 0 saturated heterocycles. The minimum Gasteiger partial charge on any atom is -0.395 e. The highest BCUT2D eigenvalue weighted by Gasteiger charge is 1.89. The van der Waals surface area contributed by atoms with Crippen molar-refractivity contribution in [2.24, 2.45) is 0 Å². The van der Waals surface area contributed by atoms with Crippen molar-refractivity contribution in [2.75, 3.05) is 59.0 Å². The van der Waals surface area contributed by atoms with E-state index in [2.05, 4.69) is 50.2 Å². The zero-order valence-electron chi connectivity index (χ0n) is 13.7. The largest absolute Gasteiger partial charge is 0.395 e. The Bertz CT molecular complexity index is 112. The number of rotatable bonds is 9. The summed E-state index contributed by atoms with van der Waals surface area (Å²) in [6.45, 7) is 17.9. The fourth-order valence-electron chi connectivity index (χ4n) is 1.20. The third-order valence-corrected chi connectivity index (χ3v) is 2.42. The minimum absolute atomic E-state index is 0.139. The van der Waals surface area contributed by atoms with Crippen LogP contribution in [-0.4, -0.2) is 74.1 Å². The molecular formula is C14H37N3O2. The molecule has 0 bridgehead atoms. The SMILES string of the molecule is CCN(CC)CC.CCNCC.OCCNCCO. The Morgan fingerprint density at radius 2 is 1.05 bits per heavy atom. The molecule has 19 heavy (non-hydrogen) atoms. The molecule has 0 radical (unpaired) electrons. The van der Waals surface area contributed by atoms with Gasteiger partial charge in [0.05, 0.1) is 13.2 Å². The lowest BCUT2D eigenvalue weighted by Crippen LogP contribution is -2.21. The van der Waals surface area contributed by atoms with Gasteiger partial charge in [-0.2, -0.15) is 0 Å². The molecule has 0 aliphatic rings. The van der Waals surface area contributed by atoms with Crippen LogP contribution in [0.25, 0.3) is 0 Å². The Balaban J connectivity index is -0.000000206. The molecule has 0 aromatic carbocycles. The molecule has 0 spiro atoms.